The maximum absolute atomic E-state index is 12.1. The van der Waals surface area contributed by atoms with Crippen LogP contribution in [0.15, 0.2) is 53.9 Å². The number of carbonyl (C=O) groups is 2. The third kappa shape index (κ3) is 5.25. The number of benzene rings is 2. The molecule has 3 rings (SSSR count). The van der Waals surface area contributed by atoms with E-state index in [2.05, 4.69) is 10.3 Å². The second kappa shape index (κ2) is 8.93. The van der Waals surface area contributed by atoms with Crippen LogP contribution >= 0.6 is 11.3 Å². The average Bonchev–Trinajstić information content (AvgIpc) is 3.15. The van der Waals surface area contributed by atoms with Crippen LogP contribution in [0.2, 0.25) is 0 Å². The summed E-state index contributed by atoms with van der Waals surface area (Å²) in [4.78, 5) is 28.5. The number of nitrogens with zero attached hydrogens (tertiary/aromatic N) is 2. The zero-order chi connectivity index (χ0) is 19.9. The lowest BCUT2D eigenvalue weighted by Gasteiger charge is -2.04. The van der Waals surface area contributed by atoms with Crippen LogP contribution in [0.3, 0.4) is 0 Å². The van der Waals surface area contributed by atoms with Gasteiger partial charge in [0.15, 0.2) is 0 Å². The predicted molar refractivity (Wildman–Crippen MR) is 106 cm³/mol. The van der Waals surface area contributed by atoms with Gasteiger partial charge in [0.05, 0.1) is 29.3 Å². The summed E-state index contributed by atoms with van der Waals surface area (Å²) in [6, 6.07) is 15.8. The molecule has 28 heavy (non-hydrogen) atoms. The second-order valence-electron chi connectivity index (χ2n) is 6.09. The largest absolute Gasteiger partial charge is 0.456 e. The summed E-state index contributed by atoms with van der Waals surface area (Å²) in [5, 5.41) is 14.0. The molecule has 1 N–H and O–H groups in total. The average molecular weight is 391 g/mol. The number of ether oxygens (including phenoxy) is 1. The lowest BCUT2D eigenvalue weighted by Crippen LogP contribution is -2.14. The molecular formula is C21H17N3O3S. The molecule has 2 aromatic carbocycles. The predicted octanol–water partition coefficient (Wildman–Crippen LogP) is 3.86. The van der Waals surface area contributed by atoms with Crippen molar-refractivity contribution in [1.29, 1.82) is 5.26 Å². The Hall–Kier alpha value is -3.50. The summed E-state index contributed by atoms with van der Waals surface area (Å²) in [6.07, 6.45) is 0.155. The Morgan fingerprint density at radius 1 is 1.14 bits per heavy atom. The van der Waals surface area contributed by atoms with Crippen molar-refractivity contribution in [2.24, 2.45) is 0 Å². The van der Waals surface area contributed by atoms with Gasteiger partial charge in [0, 0.05) is 11.1 Å². The van der Waals surface area contributed by atoms with Crippen molar-refractivity contribution in [3.63, 3.8) is 0 Å². The lowest BCUT2D eigenvalue weighted by atomic mass is 10.1. The van der Waals surface area contributed by atoms with Crippen LogP contribution in [0.25, 0.3) is 0 Å². The number of aryl methyl sites for hydroxylation is 1. The Balaban J connectivity index is 1.50. The summed E-state index contributed by atoms with van der Waals surface area (Å²) in [5.74, 6) is -0.643. The molecule has 0 bridgehead atoms. The highest BCUT2D eigenvalue weighted by atomic mass is 32.1. The quantitative estimate of drug-likeness (QED) is 0.644. The number of hydrogen-bond donors (Lipinski definition) is 1. The van der Waals surface area contributed by atoms with Crippen molar-refractivity contribution in [2.45, 2.75) is 20.0 Å². The van der Waals surface area contributed by atoms with E-state index in [9.17, 15) is 9.59 Å². The molecule has 3 aromatic rings. The van der Waals surface area contributed by atoms with Gasteiger partial charge in [-0.15, -0.1) is 11.3 Å². The van der Waals surface area contributed by atoms with E-state index in [1.54, 1.807) is 29.6 Å². The zero-order valence-electron chi connectivity index (χ0n) is 15.1. The maximum Gasteiger partial charge on any atom is 0.338 e. The number of carbonyl (C=O) groups excluding carboxylic acids is 2. The number of hydrogen-bond acceptors (Lipinski definition) is 6. The molecule has 0 aliphatic heterocycles. The number of anilines is 1. The second-order valence-corrected chi connectivity index (χ2v) is 7.03. The molecule has 7 heteroatoms. The molecule has 0 fully saturated rings. The van der Waals surface area contributed by atoms with Gasteiger partial charge in [-0.25, -0.2) is 9.78 Å². The molecule has 0 spiro atoms. The van der Waals surface area contributed by atoms with E-state index in [4.69, 9.17) is 10.00 Å². The van der Waals surface area contributed by atoms with Crippen LogP contribution in [0.1, 0.15) is 32.2 Å². The number of nitrogens with one attached hydrogen (secondary N) is 1. The topological polar surface area (TPSA) is 92.1 Å². The van der Waals surface area contributed by atoms with Crippen LogP contribution in [0.4, 0.5) is 5.69 Å². The van der Waals surface area contributed by atoms with Gasteiger partial charge in [0.25, 0.3) is 0 Å². The van der Waals surface area contributed by atoms with Gasteiger partial charge in [-0.3, -0.25) is 4.79 Å². The number of aromatic nitrogens is 1. The van der Waals surface area contributed by atoms with Gasteiger partial charge in [-0.1, -0.05) is 17.7 Å². The summed E-state index contributed by atoms with van der Waals surface area (Å²) >= 11 is 1.34. The molecule has 140 valence electrons. The molecule has 0 unspecified atom stereocenters. The van der Waals surface area contributed by atoms with E-state index in [0.29, 0.717) is 21.8 Å². The SMILES string of the molecule is Cc1ccc(NC(=O)Cc2nc(COC(=O)c3ccc(C#N)cc3)cs2)cc1. The molecule has 0 saturated carbocycles. The fraction of sp³-hybridized carbons (Fsp3) is 0.143. The summed E-state index contributed by atoms with van der Waals surface area (Å²) in [5.41, 5.74) is 3.29. The molecule has 0 radical (unpaired) electrons. The first-order chi connectivity index (χ1) is 13.5. The summed E-state index contributed by atoms with van der Waals surface area (Å²) in [6.45, 7) is 2.01. The van der Waals surface area contributed by atoms with E-state index in [-0.39, 0.29) is 18.9 Å². The van der Waals surface area contributed by atoms with Crippen LogP contribution in [0.5, 0.6) is 0 Å². The van der Waals surface area contributed by atoms with Gasteiger partial charge in [-0.05, 0) is 43.3 Å². The molecule has 1 aromatic heterocycles. The number of rotatable bonds is 6. The smallest absolute Gasteiger partial charge is 0.338 e. The van der Waals surface area contributed by atoms with Crippen molar-refractivity contribution in [3.8, 4) is 6.07 Å². The van der Waals surface area contributed by atoms with Gasteiger partial charge < -0.3 is 10.1 Å². The highest BCUT2D eigenvalue weighted by Gasteiger charge is 2.11. The van der Waals surface area contributed by atoms with Crippen molar-refractivity contribution in [2.75, 3.05) is 5.32 Å². The van der Waals surface area contributed by atoms with Crippen molar-refractivity contribution in [1.82, 2.24) is 4.98 Å². The van der Waals surface area contributed by atoms with Crippen molar-refractivity contribution >= 4 is 28.9 Å². The van der Waals surface area contributed by atoms with Crippen molar-refractivity contribution < 1.29 is 14.3 Å². The minimum absolute atomic E-state index is 0.0227. The fourth-order valence-corrected chi connectivity index (χ4v) is 3.16. The number of amides is 1. The maximum atomic E-state index is 12.1. The first-order valence-corrected chi connectivity index (χ1v) is 9.38. The monoisotopic (exact) mass is 391 g/mol. The third-order valence-corrected chi connectivity index (χ3v) is 4.74. The number of nitriles is 1. The lowest BCUT2D eigenvalue weighted by molar-refractivity contribution is -0.115. The molecule has 1 amide bonds. The van der Waals surface area contributed by atoms with Crippen LogP contribution in [-0.2, 0) is 22.6 Å². The first kappa shape index (κ1) is 19.3. The fourth-order valence-electron chi connectivity index (χ4n) is 2.38. The number of thiazole rings is 1. The molecular weight excluding hydrogens is 374 g/mol. The Kier molecular flexibility index (Phi) is 6.14. The minimum Gasteiger partial charge on any atom is -0.456 e. The van der Waals surface area contributed by atoms with E-state index in [1.807, 2.05) is 37.3 Å². The number of esters is 1. The molecule has 0 saturated heterocycles. The summed E-state index contributed by atoms with van der Waals surface area (Å²) < 4.78 is 5.23. The van der Waals surface area contributed by atoms with Crippen molar-refractivity contribution in [3.05, 3.63) is 81.3 Å². The van der Waals surface area contributed by atoms with Crippen LogP contribution < -0.4 is 5.32 Å². The minimum atomic E-state index is -0.490. The Morgan fingerprint density at radius 3 is 2.54 bits per heavy atom. The Bertz CT molecular complexity index is 1020. The van der Waals surface area contributed by atoms with E-state index in [1.165, 1.54) is 11.3 Å². The molecule has 0 aliphatic rings. The van der Waals surface area contributed by atoms with Gasteiger partial charge in [0.2, 0.25) is 5.91 Å². The highest BCUT2D eigenvalue weighted by molar-refractivity contribution is 7.09. The highest BCUT2D eigenvalue weighted by Crippen LogP contribution is 2.14. The normalized spacial score (nSPS) is 10.1. The van der Waals surface area contributed by atoms with Gasteiger partial charge in [-0.2, -0.15) is 5.26 Å². The van der Waals surface area contributed by atoms with Crippen LogP contribution in [0, 0.1) is 18.3 Å². The Morgan fingerprint density at radius 2 is 1.86 bits per heavy atom. The van der Waals surface area contributed by atoms with Crippen LogP contribution in [-0.4, -0.2) is 16.9 Å². The van der Waals surface area contributed by atoms with E-state index < -0.39 is 5.97 Å². The first-order valence-electron chi connectivity index (χ1n) is 8.50. The molecule has 0 aliphatic carbocycles. The molecule has 0 atom stereocenters. The van der Waals surface area contributed by atoms with Gasteiger partial charge >= 0.3 is 5.97 Å². The van der Waals surface area contributed by atoms with Gasteiger partial charge in [0.1, 0.15) is 11.6 Å². The molecule has 1 heterocycles. The standard InChI is InChI=1S/C21H17N3O3S/c1-14-2-8-17(9-3-14)23-19(25)10-20-24-18(13-28-20)12-27-21(26)16-6-4-15(11-22)5-7-16/h2-9,13H,10,12H2,1H3,(H,23,25). The summed E-state index contributed by atoms with van der Waals surface area (Å²) in [7, 11) is 0. The third-order valence-electron chi connectivity index (χ3n) is 3.85. The Labute approximate surface area is 166 Å². The zero-order valence-corrected chi connectivity index (χ0v) is 16.0. The van der Waals surface area contributed by atoms with E-state index in [0.717, 1.165) is 11.3 Å². The van der Waals surface area contributed by atoms with E-state index >= 15 is 0 Å². The molecule has 6 nitrogen and oxygen atoms in total.